The molecule has 1 heterocycles. The number of allylic oxidation sites excluding steroid dienone is 1. The molecule has 0 aliphatic rings. The van der Waals surface area contributed by atoms with Crippen LogP contribution in [0.4, 0.5) is 5.69 Å². The van der Waals surface area contributed by atoms with Crippen LogP contribution in [-0.2, 0) is 0 Å². The molecule has 5 nitrogen and oxygen atoms in total. The van der Waals surface area contributed by atoms with Crippen molar-refractivity contribution in [3.05, 3.63) is 80.6 Å². The first kappa shape index (κ1) is 16.6. The summed E-state index contributed by atoms with van der Waals surface area (Å²) in [7, 11) is 0. The van der Waals surface area contributed by atoms with E-state index in [1.807, 2.05) is 19.9 Å². The van der Waals surface area contributed by atoms with Crippen LogP contribution in [0, 0.1) is 30.9 Å². The van der Waals surface area contributed by atoms with Gasteiger partial charge in [-0.05, 0) is 68.3 Å². The first-order valence-electron chi connectivity index (χ1n) is 7.84. The standard InChI is InChI=1S/C20H17NO4/c1-12-10-17-14(3)19(25-20(17)11-13(12)2)9-8-18(22)15-4-6-16(7-5-15)21(23)24/h4-11H,1-3H3/b9-8+. The monoisotopic (exact) mass is 335 g/mol. The van der Waals surface area contributed by atoms with Gasteiger partial charge in [0.05, 0.1) is 4.92 Å². The van der Waals surface area contributed by atoms with Crippen LogP contribution < -0.4 is 0 Å². The Morgan fingerprint density at radius 3 is 2.36 bits per heavy atom. The molecule has 0 spiro atoms. The number of furan rings is 1. The summed E-state index contributed by atoms with van der Waals surface area (Å²) in [6.45, 7) is 6.03. The fourth-order valence-corrected chi connectivity index (χ4v) is 2.65. The van der Waals surface area contributed by atoms with Crippen molar-refractivity contribution in [3.8, 4) is 0 Å². The number of fused-ring (bicyclic) bond motifs is 1. The minimum atomic E-state index is -0.494. The molecule has 3 rings (SSSR count). The second-order valence-corrected chi connectivity index (χ2v) is 6.03. The highest BCUT2D eigenvalue weighted by Gasteiger charge is 2.11. The maximum Gasteiger partial charge on any atom is 0.269 e. The van der Waals surface area contributed by atoms with Crippen LogP contribution in [0.3, 0.4) is 0 Å². The largest absolute Gasteiger partial charge is 0.456 e. The molecule has 25 heavy (non-hydrogen) atoms. The van der Waals surface area contributed by atoms with E-state index in [-0.39, 0.29) is 11.5 Å². The highest BCUT2D eigenvalue weighted by atomic mass is 16.6. The predicted octanol–water partition coefficient (Wildman–Crippen LogP) is 5.16. The van der Waals surface area contributed by atoms with Crippen molar-refractivity contribution < 1.29 is 14.1 Å². The Labute approximate surface area is 144 Å². The Hall–Kier alpha value is -3.21. The van der Waals surface area contributed by atoms with E-state index in [1.165, 1.54) is 35.9 Å². The first-order valence-corrected chi connectivity index (χ1v) is 7.84. The first-order chi connectivity index (χ1) is 11.9. The number of benzene rings is 2. The van der Waals surface area contributed by atoms with Crippen LogP contribution in [0.15, 0.2) is 46.9 Å². The third-order valence-corrected chi connectivity index (χ3v) is 4.34. The Balaban J connectivity index is 1.88. The van der Waals surface area contributed by atoms with Gasteiger partial charge in [-0.2, -0.15) is 0 Å². The third-order valence-electron chi connectivity index (χ3n) is 4.34. The SMILES string of the molecule is Cc1cc2oc(/C=C/C(=O)c3ccc([N+](=O)[O-])cc3)c(C)c2cc1C. The van der Waals surface area contributed by atoms with E-state index in [0.29, 0.717) is 11.3 Å². The molecular weight excluding hydrogens is 318 g/mol. The highest BCUT2D eigenvalue weighted by molar-refractivity contribution is 6.07. The molecule has 0 saturated carbocycles. The number of nitro benzene ring substituents is 1. The van der Waals surface area contributed by atoms with Crippen LogP contribution in [0.1, 0.15) is 32.8 Å². The number of rotatable bonds is 4. The van der Waals surface area contributed by atoms with E-state index < -0.39 is 4.92 Å². The average Bonchev–Trinajstić information content (AvgIpc) is 2.89. The normalized spacial score (nSPS) is 11.3. The molecule has 5 heteroatoms. The summed E-state index contributed by atoms with van der Waals surface area (Å²) in [5.41, 5.74) is 4.46. The number of carbonyl (C=O) groups is 1. The smallest absolute Gasteiger partial charge is 0.269 e. The van der Waals surface area contributed by atoms with Gasteiger partial charge in [0.15, 0.2) is 5.78 Å². The average molecular weight is 335 g/mol. The molecule has 0 N–H and O–H groups in total. The van der Waals surface area contributed by atoms with Gasteiger partial charge < -0.3 is 4.42 Å². The molecule has 0 amide bonds. The number of aryl methyl sites for hydroxylation is 3. The number of non-ortho nitro benzene ring substituents is 1. The minimum absolute atomic E-state index is 0.0422. The zero-order chi connectivity index (χ0) is 18.1. The predicted molar refractivity (Wildman–Crippen MR) is 96.9 cm³/mol. The molecule has 126 valence electrons. The van der Waals surface area contributed by atoms with Gasteiger partial charge in [-0.1, -0.05) is 0 Å². The molecular formula is C20H17NO4. The summed E-state index contributed by atoms with van der Waals surface area (Å²) in [6.07, 6.45) is 3.06. The van der Waals surface area contributed by atoms with Crippen LogP contribution in [-0.4, -0.2) is 10.7 Å². The lowest BCUT2D eigenvalue weighted by Gasteiger charge is -1.98. The molecule has 2 aromatic carbocycles. The summed E-state index contributed by atoms with van der Waals surface area (Å²) in [6, 6.07) is 9.61. The molecule has 0 atom stereocenters. The number of hydrogen-bond acceptors (Lipinski definition) is 4. The number of nitro groups is 1. The van der Waals surface area contributed by atoms with Crippen molar-refractivity contribution in [1.29, 1.82) is 0 Å². The topological polar surface area (TPSA) is 73.3 Å². The second-order valence-electron chi connectivity index (χ2n) is 6.03. The van der Waals surface area contributed by atoms with Gasteiger partial charge in [-0.3, -0.25) is 14.9 Å². The van der Waals surface area contributed by atoms with Crippen LogP contribution >= 0.6 is 0 Å². The van der Waals surface area contributed by atoms with E-state index in [9.17, 15) is 14.9 Å². The van der Waals surface area contributed by atoms with Gasteiger partial charge in [0.2, 0.25) is 0 Å². The Morgan fingerprint density at radius 2 is 1.72 bits per heavy atom. The Morgan fingerprint density at radius 1 is 1.08 bits per heavy atom. The molecule has 0 bridgehead atoms. The molecule has 0 saturated heterocycles. The zero-order valence-corrected chi connectivity index (χ0v) is 14.2. The van der Waals surface area contributed by atoms with Crippen LogP contribution in [0.25, 0.3) is 17.0 Å². The van der Waals surface area contributed by atoms with E-state index >= 15 is 0 Å². The highest BCUT2D eigenvalue weighted by Crippen LogP contribution is 2.28. The Bertz CT molecular complexity index is 1010. The molecule has 0 fully saturated rings. The van der Waals surface area contributed by atoms with Gasteiger partial charge in [0, 0.05) is 28.6 Å². The van der Waals surface area contributed by atoms with Gasteiger partial charge in [-0.25, -0.2) is 0 Å². The third kappa shape index (κ3) is 3.21. The van der Waals surface area contributed by atoms with Gasteiger partial charge in [-0.15, -0.1) is 0 Å². The van der Waals surface area contributed by atoms with Crippen molar-refractivity contribution in [2.24, 2.45) is 0 Å². The Kier molecular flexibility index (Phi) is 4.23. The lowest BCUT2D eigenvalue weighted by Crippen LogP contribution is -1.95. The van der Waals surface area contributed by atoms with E-state index in [1.54, 1.807) is 6.08 Å². The number of ketones is 1. The molecule has 0 aliphatic carbocycles. The van der Waals surface area contributed by atoms with Gasteiger partial charge in [0.25, 0.3) is 5.69 Å². The van der Waals surface area contributed by atoms with Gasteiger partial charge in [0.1, 0.15) is 11.3 Å². The van der Waals surface area contributed by atoms with Crippen LogP contribution in [0.2, 0.25) is 0 Å². The molecule has 0 unspecified atom stereocenters. The second kappa shape index (κ2) is 6.36. The van der Waals surface area contributed by atoms with E-state index in [4.69, 9.17) is 4.42 Å². The maximum atomic E-state index is 12.2. The summed E-state index contributed by atoms with van der Waals surface area (Å²) < 4.78 is 5.84. The number of nitrogens with zero attached hydrogens (tertiary/aromatic N) is 1. The van der Waals surface area contributed by atoms with Crippen molar-refractivity contribution in [1.82, 2.24) is 0 Å². The maximum absolute atomic E-state index is 12.2. The van der Waals surface area contributed by atoms with Crippen LogP contribution in [0.5, 0.6) is 0 Å². The lowest BCUT2D eigenvalue weighted by atomic mass is 10.0. The van der Waals surface area contributed by atoms with E-state index in [0.717, 1.165) is 22.1 Å². The molecule has 0 radical (unpaired) electrons. The van der Waals surface area contributed by atoms with Gasteiger partial charge >= 0.3 is 0 Å². The molecule has 1 aromatic heterocycles. The number of carbonyl (C=O) groups excluding carboxylic acids is 1. The quantitative estimate of drug-likeness (QED) is 0.285. The fourth-order valence-electron chi connectivity index (χ4n) is 2.65. The summed E-state index contributed by atoms with van der Waals surface area (Å²) in [4.78, 5) is 22.4. The fraction of sp³-hybridized carbons (Fsp3) is 0.150. The number of hydrogen-bond donors (Lipinski definition) is 0. The summed E-state index contributed by atoms with van der Waals surface area (Å²) in [5.74, 6) is 0.400. The van der Waals surface area contributed by atoms with E-state index in [2.05, 4.69) is 13.0 Å². The van der Waals surface area contributed by atoms with Crippen molar-refractivity contribution in [2.75, 3.05) is 0 Å². The molecule has 3 aromatic rings. The summed E-state index contributed by atoms with van der Waals surface area (Å²) >= 11 is 0. The summed E-state index contributed by atoms with van der Waals surface area (Å²) in [5, 5.41) is 11.7. The minimum Gasteiger partial charge on any atom is -0.456 e. The van der Waals surface area contributed by atoms with Crippen molar-refractivity contribution >= 4 is 28.5 Å². The van der Waals surface area contributed by atoms with Crippen molar-refractivity contribution in [2.45, 2.75) is 20.8 Å². The lowest BCUT2D eigenvalue weighted by molar-refractivity contribution is -0.384. The van der Waals surface area contributed by atoms with Crippen molar-refractivity contribution in [3.63, 3.8) is 0 Å². The molecule has 0 aliphatic heterocycles. The zero-order valence-electron chi connectivity index (χ0n) is 14.2.